The maximum absolute atomic E-state index is 13.4. The van der Waals surface area contributed by atoms with Crippen LogP contribution in [0, 0.1) is 47.3 Å². The van der Waals surface area contributed by atoms with Crippen molar-refractivity contribution in [3.8, 4) is 12.3 Å². The number of halogens is 1. The zero-order chi connectivity index (χ0) is 17.8. The summed E-state index contributed by atoms with van der Waals surface area (Å²) in [6, 6.07) is 0. The van der Waals surface area contributed by atoms with Gasteiger partial charge in [0.25, 0.3) is 0 Å². The van der Waals surface area contributed by atoms with E-state index in [1.54, 1.807) is 0 Å². The van der Waals surface area contributed by atoms with Gasteiger partial charge in [-0.15, -0.1) is 6.42 Å². The van der Waals surface area contributed by atoms with E-state index < -0.39 is 5.60 Å². The Morgan fingerprint density at radius 2 is 2.16 bits per heavy atom. The van der Waals surface area contributed by atoms with Crippen molar-refractivity contribution in [1.82, 2.24) is 0 Å². The second-order valence-corrected chi connectivity index (χ2v) is 9.12. The number of allylic oxidation sites excluding steroid dienone is 1. The number of alkyl halides is 1. The molecule has 7 atom stereocenters. The Hall–Kier alpha value is -1.14. The van der Waals surface area contributed by atoms with Gasteiger partial charge in [-0.1, -0.05) is 18.4 Å². The number of hydrogen-bond donors (Lipinski definition) is 1. The van der Waals surface area contributed by atoms with Crippen molar-refractivity contribution < 1.29 is 14.3 Å². The van der Waals surface area contributed by atoms with Gasteiger partial charge in [0, 0.05) is 11.8 Å². The van der Waals surface area contributed by atoms with Gasteiger partial charge in [0.1, 0.15) is 5.60 Å². The molecule has 0 aromatic heterocycles. The summed E-state index contributed by atoms with van der Waals surface area (Å²) in [5, 5.41) is 11.1. The molecule has 4 rings (SSSR count). The first-order chi connectivity index (χ1) is 11.9. The molecule has 3 fully saturated rings. The molecular formula is C22H29FO2. The molecule has 0 saturated heterocycles. The summed E-state index contributed by atoms with van der Waals surface area (Å²) in [6.07, 6.45) is 14.3. The first kappa shape index (κ1) is 17.3. The molecule has 0 aromatic carbocycles. The van der Waals surface area contributed by atoms with Crippen LogP contribution >= 0.6 is 0 Å². The number of carbonyl (C=O) groups is 1. The van der Waals surface area contributed by atoms with Crippen LogP contribution < -0.4 is 0 Å². The van der Waals surface area contributed by atoms with E-state index in [9.17, 15) is 14.3 Å². The Morgan fingerprint density at radius 3 is 2.88 bits per heavy atom. The van der Waals surface area contributed by atoms with Crippen molar-refractivity contribution >= 4 is 5.78 Å². The molecule has 4 aliphatic carbocycles. The maximum Gasteiger partial charge on any atom is 0.155 e. The molecule has 0 aromatic rings. The van der Waals surface area contributed by atoms with Gasteiger partial charge in [0.15, 0.2) is 5.78 Å². The second kappa shape index (κ2) is 5.95. The van der Waals surface area contributed by atoms with Gasteiger partial charge in [-0.25, -0.2) is 0 Å². The molecule has 136 valence electrons. The van der Waals surface area contributed by atoms with Gasteiger partial charge in [-0.05, 0) is 80.6 Å². The summed E-state index contributed by atoms with van der Waals surface area (Å²) in [6.45, 7) is 1.84. The summed E-state index contributed by atoms with van der Waals surface area (Å²) in [5.41, 5.74) is -0.0280. The molecule has 0 bridgehead atoms. The summed E-state index contributed by atoms with van der Waals surface area (Å²) in [4.78, 5) is 11.9. The fourth-order valence-electron chi connectivity index (χ4n) is 7.17. The number of terminal acetylenes is 1. The van der Waals surface area contributed by atoms with E-state index in [1.807, 2.05) is 6.08 Å². The largest absolute Gasteiger partial charge is 0.377 e. The average Bonchev–Trinajstić information content (AvgIpc) is 2.86. The van der Waals surface area contributed by atoms with E-state index in [2.05, 4.69) is 12.8 Å². The standard InChI is InChI=1S/C22H29FO2/c1-3-22(25)10-8-19-18-6-4-14-12-16(24)5-7-17(14)20(18)15(9-11-23)13-21(19,22)2/h1,12,15,17-20,25H,4-11,13H2,2H3/t15-,17-,18-,19-,20+,21-,22-/m0/s1. The summed E-state index contributed by atoms with van der Waals surface area (Å²) in [5.74, 6) is 5.06. The van der Waals surface area contributed by atoms with Crippen LogP contribution in [0.1, 0.15) is 58.3 Å². The highest BCUT2D eigenvalue weighted by atomic mass is 19.1. The number of fused-ring (bicyclic) bond motifs is 5. The van der Waals surface area contributed by atoms with Gasteiger partial charge in [0.2, 0.25) is 0 Å². The van der Waals surface area contributed by atoms with Gasteiger partial charge in [-0.3, -0.25) is 9.18 Å². The molecule has 1 N–H and O–H groups in total. The van der Waals surface area contributed by atoms with E-state index in [4.69, 9.17) is 6.42 Å². The minimum atomic E-state index is -1.05. The lowest BCUT2D eigenvalue weighted by molar-refractivity contribution is -0.121. The first-order valence-corrected chi connectivity index (χ1v) is 9.93. The summed E-state index contributed by atoms with van der Waals surface area (Å²) >= 11 is 0. The molecule has 3 saturated carbocycles. The summed E-state index contributed by atoms with van der Waals surface area (Å²) in [7, 11) is 0. The SMILES string of the molecule is C#C[C@]1(O)CC[C@H]2[C@@H]3CCC4=CC(=O)CC[C@@H]4[C@H]3[C@@H](CCF)C[C@@]21C. The lowest BCUT2D eigenvalue weighted by Crippen LogP contribution is -2.55. The third kappa shape index (κ3) is 2.36. The van der Waals surface area contributed by atoms with Crippen LogP contribution in [0.3, 0.4) is 0 Å². The molecule has 2 nitrogen and oxygen atoms in total. The van der Waals surface area contributed by atoms with E-state index in [-0.39, 0.29) is 23.8 Å². The third-order valence-electron chi connectivity index (χ3n) is 8.30. The Bertz CT molecular complexity index is 647. The molecule has 0 radical (unpaired) electrons. The van der Waals surface area contributed by atoms with Crippen molar-refractivity contribution in [3.05, 3.63) is 11.6 Å². The molecule has 0 heterocycles. The van der Waals surface area contributed by atoms with Crippen molar-refractivity contribution in [3.63, 3.8) is 0 Å². The fourth-order valence-corrected chi connectivity index (χ4v) is 7.17. The monoisotopic (exact) mass is 344 g/mol. The quantitative estimate of drug-likeness (QED) is 0.767. The number of rotatable bonds is 2. The van der Waals surface area contributed by atoms with Crippen LogP contribution in [0.2, 0.25) is 0 Å². The predicted molar refractivity (Wildman–Crippen MR) is 95.3 cm³/mol. The predicted octanol–water partition coefficient (Wildman–Crippen LogP) is 4.08. The van der Waals surface area contributed by atoms with E-state index in [0.717, 1.165) is 32.1 Å². The molecule has 4 aliphatic rings. The highest BCUT2D eigenvalue weighted by Crippen LogP contribution is 2.66. The van der Waals surface area contributed by atoms with E-state index >= 15 is 0 Å². The molecular weight excluding hydrogens is 315 g/mol. The van der Waals surface area contributed by atoms with Crippen molar-refractivity contribution in [2.24, 2.45) is 35.0 Å². The molecule has 0 aliphatic heterocycles. The lowest BCUT2D eigenvalue weighted by Gasteiger charge is -2.58. The third-order valence-corrected chi connectivity index (χ3v) is 8.30. The van der Waals surface area contributed by atoms with Crippen LogP contribution in [0.25, 0.3) is 0 Å². The first-order valence-electron chi connectivity index (χ1n) is 9.93. The minimum Gasteiger partial charge on any atom is -0.377 e. The molecule has 25 heavy (non-hydrogen) atoms. The van der Waals surface area contributed by atoms with E-state index in [0.29, 0.717) is 42.9 Å². The number of carbonyl (C=O) groups excluding carboxylic acids is 1. The van der Waals surface area contributed by atoms with Crippen molar-refractivity contribution in [2.75, 3.05) is 6.67 Å². The maximum atomic E-state index is 13.4. The molecule has 0 amide bonds. The van der Waals surface area contributed by atoms with Gasteiger partial charge in [-0.2, -0.15) is 0 Å². The van der Waals surface area contributed by atoms with Crippen LogP contribution in [-0.2, 0) is 4.79 Å². The van der Waals surface area contributed by atoms with Crippen LogP contribution in [0.15, 0.2) is 11.6 Å². The van der Waals surface area contributed by atoms with Crippen LogP contribution in [0.4, 0.5) is 4.39 Å². The fraction of sp³-hybridized carbons (Fsp3) is 0.773. The normalized spacial score (nSPS) is 48.8. The van der Waals surface area contributed by atoms with Gasteiger partial charge in [0.05, 0.1) is 6.67 Å². The summed E-state index contributed by atoms with van der Waals surface area (Å²) < 4.78 is 13.4. The zero-order valence-electron chi connectivity index (χ0n) is 15.1. The molecule has 3 heteroatoms. The van der Waals surface area contributed by atoms with Crippen molar-refractivity contribution in [2.45, 2.75) is 63.9 Å². The average molecular weight is 344 g/mol. The van der Waals surface area contributed by atoms with Gasteiger partial charge >= 0.3 is 0 Å². The number of hydrogen-bond acceptors (Lipinski definition) is 2. The van der Waals surface area contributed by atoms with Crippen LogP contribution in [0.5, 0.6) is 0 Å². The van der Waals surface area contributed by atoms with E-state index in [1.165, 1.54) is 5.57 Å². The highest BCUT2D eigenvalue weighted by molar-refractivity contribution is 5.91. The molecule has 0 unspecified atom stereocenters. The Kier molecular flexibility index (Phi) is 4.11. The highest BCUT2D eigenvalue weighted by Gasteiger charge is 2.64. The van der Waals surface area contributed by atoms with Crippen molar-refractivity contribution in [1.29, 1.82) is 0 Å². The Morgan fingerprint density at radius 1 is 1.36 bits per heavy atom. The Balaban J connectivity index is 1.73. The Labute approximate surface area is 150 Å². The second-order valence-electron chi connectivity index (χ2n) is 9.12. The number of ketones is 1. The number of aliphatic hydroxyl groups is 1. The lowest BCUT2D eigenvalue weighted by atomic mass is 9.47. The topological polar surface area (TPSA) is 37.3 Å². The zero-order valence-corrected chi connectivity index (χ0v) is 15.1. The molecule has 0 spiro atoms. The van der Waals surface area contributed by atoms with Gasteiger partial charge < -0.3 is 5.11 Å². The van der Waals surface area contributed by atoms with Crippen LogP contribution in [-0.4, -0.2) is 23.2 Å². The smallest absolute Gasteiger partial charge is 0.155 e. The minimum absolute atomic E-state index is 0.259.